The molecule has 1 aromatic carbocycles. The first-order chi connectivity index (χ1) is 9.79. The lowest BCUT2D eigenvalue weighted by molar-refractivity contribution is 0.515. The molecule has 0 spiro atoms. The first kappa shape index (κ1) is 11.6. The Morgan fingerprint density at radius 2 is 2.20 bits per heavy atom. The van der Waals surface area contributed by atoms with Crippen molar-refractivity contribution >= 4 is 16.8 Å². The van der Waals surface area contributed by atoms with E-state index in [1.807, 2.05) is 31.2 Å². The molecule has 0 radical (unpaired) electrons. The molecule has 20 heavy (non-hydrogen) atoms. The number of oxazole rings is 1. The van der Waals surface area contributed by atoms with E-state index in [9.17, 15) is 0 Å². The molecule has 1 aliphatic rings. The molecule has 0 atom stereocenters. The van der Waals surface area contributed by atoms with E-state index in [1.165, 1.54) is 12.8 Å². The van der Waals surface area contributed by atoms with Gasteiger partial charge in [0.1, 0.15) is 11.3 Å². The summed E-state index contributed by atoms with van der Waals surface area (Å²) in [5.41, 5.74) is 3.99. The third kappa shape index (κ3) is 2.07. The van der Waals surface area contributed by atoms with E-state index < -0.39 is 0 Å². The lowest BCUT2D eigenvalue weighted by atomic mass is 10.2. The van der Waals surface area contributed by atoms with Crippen molar-refractivity contribution in [2.75, 3.05) is 5.32 Å². The van der Waals surface area contributed by atoms with Crippen LogP contribution in [0, 0.1) is 6.92 Å². The van der Waals surface area contributed by atoms with Crippen LogP contribution < -0.4 is 5.32 Å². The molecule has 2 aromatic heterocycles. The van der Waals surface area contributed by atoms with E-state index in [-0.39, 0.29) is 0 Å². The number of nitrogens with one attached hydrogen (secondary N) is 1. The Balaban J connectivity index is 1.55. The smallest absolute Gasteiger partial charge is 0.198 e. The van der Waals surface area contributed by atoms with Gasteiger partial charge < -0.3 is 14.2 Å². The molecule has 4 nitrogen and oxygen atoms in total. The fraction of sp³-hybridized carbons (Fsp3) is 0.312. The summed E-state index contributed by atoms with van der Waals surface area (Å²) in [6.45, 7) is 2.72. The normalized spacial score (nSPS) is 14.8. The van der Waals surface area contributed by atoms with Crippen molar-refractivity contribution in [1.82, 2.24) is 4.98 Å². The van der Waals surface area contributed by atoms with Gasteiger partial charge in [0.15, 0.2) is 11.5 Å². The fourth-order valence-electron chi connectivity index (χ4n) is 2.33. The van der Waals surface area contributed by atoms with Gasteiger partial charge in [-0.15, -0.1) is 0 Å². The predicted molar refractivity (Wildman–Crippen MR) is 76.8 cm³/mol. The highest BCUT2D eigenvalue weighted by Crippen LogP contribution is 2.40. The zero-order valence-electron chi connectivity index (χ0n) is 11.3. The fourth-order valence-corrected chi connectivity index (χ4v) is 2.33. The maximum atomic E-state index is 5.76. The van der Waals surface area contributed by atoms with Crippen molar-refractivity contribution in [3.8, 4) is 0 Å². The predicted octanol–water partition coefficient (Wildman–Crippen LogP) is 4.22. The highest BCUT2D eigenvalue weighted by atomic mass is 16.3. The van der Waals surface area contributed by atoms with E-state index in [2.05, 4.69) is 10.3 Å². The molecule has 2 heterocycles. The van der Waals surface area contributed by atoms with Gasteiger partial charge in [-0.3, -0.25) is 0 Å². The molecule has 1 saturated carbocycles. The van der Waals surface area contributed by atoms with Gasteiger partial charge >= 0.3 is 0 Å². The number of aromatic nitrogens is 1. The molecule has 1 N–H and O–H groups in total. The van der Waals surface area contributed by atoms with Gasteiger partial charge in [-0.25, -0.2) is 4.98 Å². The summed E-state index contributed by atoms with van der Waals surface area (Å²) >= 11 is 0. The molecule has 0 aliphatic heterocycles. The summed E-state index contributed by atoms with van der Waals surface area (Å²) < 4.78 is 11.2. The van der Waals surface area contributed by atoms with Gasteiger partial charge in [0.05, 0.1) is 12.8 Å². The summed E-state index contributed by atoms with van der Waals surface area (Å²) in [6, 6.07) is 8.00. The summed E-state index contributed by atoms with van der Waals surface area (Å²) in [5.74, 6) is 2.40. The van der Waals surface area contributed by atoms with Crippen LogP contribution in [-0.2, 0) is 6.54 Å². The minimum Gasteiger partial charge on any atom is -0.467 e. The Labute approximate surface area is 116 Å². The summed E-state index contributed by atoms with van der Waals surface area (Å²) in [6.07, 6.45) is 4.13. The van der Waals surface area contributed by atoms with Crippen LogP contribution in [0.25, 0.3) is 11.1 Å². The molecule has 0 amide bonds. The van der Waals surface area contributed by atoms with Crippen molar-refractivity contribution in [3.63, 3.8) is 0 Å². The Kier molecular flexibility index (Phi) is 2.55. The second-order valence-electron chi connectivity index (χ2n) is 5.39. The van der Waals surface area contributed by atoms with Crippen LogP contribution in [0.1, 0.15) is 36.0 Å². The Bertz CT molecular complexity index is 753. The van der Waals surface area contributed by atoms with Crippen LogP contribution in [0.3, 0.4) is 0 Å². The number of fused-ring (bicyclic) bond motifs is 1. The number of furan rings is 1. The van der Waals surface area contributed by atoms with E-state index in [4.69, 9.17) is 8.83 Å². The largest absolute Gasteiger partial charge is 0.467 e. The molecular weight excluding hydrogens is 252 g/mol. The van der Waals surface area contributed by atoms with Crippen LogP contribution in [0.4, 0.5) is 5.69 Å². The number of nitrogens with zero attached hydrogens (tertiary/aromatic N) is 1. The zero-order chi connectivity index (χ0) is 13.5. The quantitative estimate of drug-likeness (QED) is 0.769. The van der Waals surface area contributed by atoms with Crippen molar-refractivity contribution < 1.29 is 8.83 Å². The molecule has 4 heteroatoms. The van der Waals surface area contributed by atoms with Gasteiger partial charge in [0.2, 0.25) is 0 Å². The molecule has 102 valence electrons. The van der Waals surface area contributed by atoms with Gasteiger partial charge in [-0.1, -0.05) is 0 Å². The van der Waals surface area contributed by atoms with Crippen molar-refractivity contribution in [2.45, 2.75) is 32.2 Å². The number of hydrogen-bond donors (Lipinski definition) is 1. The van der Waals surface area contributed by atoms with Crippen molar-refractivity contribution in [3.05, 3.63) is 47.7 Å². The molecule has 1 fully saturated rings. The number of anilines is 1. The number of benzene rings is 1. The highest BCUT2D eigenvalue weighted by molar-refractivity contribution is 5.77. The standard InChI is InChI=1S/C16H16N2O2/c1-10-6-7-19-15(10)9-17-12-4-5-14-13(8-12)18-16(20-14)11-2-3-11/h4-8,11,17H,2-3,9H2,1H3. The van der Waals surface area contributed by atoms with Gasteiger partial charge in [-0.05, 0) is 49.6 Å². The first-order valence-corrected chi connectivity index (χ1v) is 6.97. The van der Waals surface area contributed by atoms with E-state index >= 15 is 0 Å². The third-order valence-electron chi connectivity index (χ3n) is 3.75. The maximum Gasteiger partial charge on any atom is 0.198 e. The monoisotopic (exact) mass is 268 g/mol. The Hall–Kier alpha value is -2.23. The molecule has 0 bridgehead atoms. The minimum absolute atomic E-state index is 0.546. The molecule has 1 aliphatic carbocycles. The number of aryl methyl sites for hydroxylation is 1. The third-order valence-corrected chi connectivity index (χ3v) is 3.75. The summed E-state index contributed by atoms with van der Waals surface area (Å²) in [5, 5.41) is 3.36. The molecule has 0 saturated heterocycles. The van der Waals surface area contributed by atoms with Gasteiger partial charge in [-0.2, -0.15) is 0 Å². The van der Waals surface area contributed by atoms with Crippen LogP contribution in [0.2, 0.25) is 0 Å². The summed E-state index contributed by atoms with van der Waals surface area (Å²) in [4.78, 5) is 4.57. The van der Waals surface area contributed by atoms with Crippen LogP contribution in [0.15, 0.2) is 39.4 Å². The molecule has 4 rings (SSSR count). The van der Waals surface area contributed by atoms with Gasteiger partial charge in [0.25, 0.3) is 0 Å². The topological polar surface area (TPSA) is 51.2 Å². The highest BCUT2D eigenvalue weighted by Gasteiger charge is 2.28. The van der Waals surface area contributed by atoms with Crippen LogP contribution >= 0.6 is 0 Å². The van der Waals surface area contributed by atoms with Crippen LogP contribution in [-0.4, -0.2) is 4.98 Å². The summed E-state index contributed by atoms with van der Waals surface area (Å²) in [7, 11) is 0. The average molecular weight is 268 g/mol. The molecule has 0 unspecified atom stereocenters. The molecular formula is C16H16N2O2. The molecule has 3 aromatic rings. The minimum atomic E-state index is 0.546. The van der Waals surface area contributed by atoms with Crippen molar-refractivity contribution in [1.29, 1.82) is 0 Å². The first-order valence-electron chi connectivity index (χ1n) is 6.97. The van der Waals surface area contributed by atoms with E-state index in [0.29, 0.717) is 12.5 Å². The second kappa shape index (κ2) is 4.40. The van der Waals surface area contributed by atoms with E-state index in [0.717, 1.165) is 34.0 Å². The lowest BCUT2D eigenvalue weighted by Crippen LogP contribution is -1.99. The number of hydrogen-bond acceptors (Lipinski definition) is 4. The SMILES string of the molecule is Cc1ccoc1CNc1ccc2oc(C3CC3)nc2c1. The Morgan fingerprint density at radius 1 is 1.30 bits per heavy atom. The van der Waals surface area contributed by atoms with Crippen molar-refractivity contribution in [2.24, 2.45) is 0 Å². The van der Waals surface area contributed by atoms with E-state index in [1.54, 1.807) is 6.26 Å². The number of rotatable bonds is 4. The lowest BCUT2D eigenvalue weighted by Gasteiger charge is -2.04. The zero-order valence-corrected chi connectivity index (χ0v) is 11.3. The Morgan fingerprint density at radius 3 is 2.95 bits per heavy atom. The van der Waals surface area contributed by atoms with Gasteiger partial charge in [0, 0.05) is 11.6 Å². The second-order valence-corrected chi connectivity index (χ2v) is 5.39. The van der Waals surface area contributed by atoms with Crippen LogP contribution in [0.5, 0.6) is 0 Å². The maximum absolute atomic E-state index is 5.76. The average Bonchev–Trinajstić information content (AvgIpc) is 3.09.